The molecule has 3 N–H and O–H groups in total. The van der Waals surface area contributed by atoms with E-state index >= 15 is 0 Å². The lowest BCUT2D eigenvalue weighted by Gasteiger charge is -2.15. The molecule has 0 radical (unpaired) electrons. The summed E-state index contributed by atoms with van der Waals surface area (Å²) in [4.78, 5) is 15.2. The Hall–Kier alpha value is -1.03. The van der Waals surface area contributed by atoms with E-state index < -0.39 is 16.0 Å². The first-order chi connectivity index (χ1) is 8.99. The smallest absolute Gasteiger partial charge is 0.358 e. The highest BCUT2D eigenvalue weighted by Gasteiger charge is 2.35. The van der Waals surface area contributed by atoms with Crippen LogP contribution in [-0.4, -0.2) is 39.1 Å². The Morgan fingerprint density at radius 1 is 1.68 bits per heavy atom. The first-order valence-electron chi connectivity index (χ1n) is 5.73. The summed E-state index contributed by atoms with van der Waals surface area (Å²) in [5.41, 5.74) is 6.68. The minimum absolute atomic E-state index is 0.126. The topological polar surface area (TPSA) is 111 Å². The SMILES string of the molecule is COC(=O)c1ncsc1S(=O)(=O)NC(CN)C1CC1. The molecule has 1 heterocycles. The molecule has 1 atom stereocenters. The van der Waals surface area contributed by atoms with Gasteiger partial charge < -0.3 is 10.5 Å². The van der Waals surface area contributed by atoms with Crippen molar-refractivity contribution >= 4 is 27.3 Å². The highest BCUT2D eigenvalue weighted by molar-refractivity contribution is 7.91. The molecule has 1 aromatic heterocycles. The molecule has 1 saturated carbocycles. The van der Waals surface area contributed by atoms with Gasteiger partial charge in [-0.05, 0) is 18.8 Å². The van der Waals surface area contributed by atoms with Gasteiger partial charge in [-0.15, -0.1) is 11.3 Å². The summed E-state index contributed by atoms with van der Waals surface area (Å²) in [5.74, 6) is -0.480. The Morgan fingerprint density at radius 2 is 2.37 bits per heavy atom. The van der Waals surface area contributed by atoms with Crippen LogP contribution in [0.15, 0.2) is 9.72 Å². The normalized spacial score (nSPS) is 17.2. The average Bonchev–Trinajstić information content (AvgIpc) is 3.10. The van der Waals surface area contributed by atoms with E-state index in [-0.39, 0.29) is 28.4 Å². The van der Waals surface area contributed by atoms with Crippen LogP contribution in [0.25, 0.3) is 0 Å². The lowest BCUT2D eigenvalue weighted by molar-refractivity contribution is 0.0590. The molecule has 7 nitrogen and oxygen atoms in total. The van der Waals surface area contributed by atoms with Crippen molar-refractivity contribution < 1.29 is 17.9 Å². The molecule has 1 fully saturated rings. The van der Waals surface area contributed by atoms with Crippen molar-refractivity contribution in [2.45, 2.75) is 23.1 Å². The number of sulfonamides is 1. The van der Waals surface area contributed by atoms with Crippen LogP contribution in [0.3, 0.4) is 0 Å². The van der Waals surface area contributed by atoms with Gasteiger partial charge in [-0.25, -0.2) is 22.9 Å². The molecule has 1 aliphatic rings. The summed E-state index contributed by atoms with van der Waals surface area (Å²) in [7, 11) is -2.61. The molecule has 2 rings (SSSR count). The van der Waals surface area contributed by atoms with Gasteiger partial charge in [-0.1, -0.05) is 0 Å². The van der Waals surface area contributed by atoms with E-state index in [0.29, 0.717) is 0 Å². The number of nitrogens with one attached hydrogen (secondary N) is 1. The van der Waals surface area contributed by atoms with Crippen molar-refractivity contribution in [3.05, 3.63) is 11.2 Å². The molecule has 0 amide bonds. The number of thiazole rings is 1. The Labute approximate surface area is 115 Å². The van der Waals surface area contributed by atoms with Crippen LogP contribution < -0.4 is 10.5 Å². The number of carbonyl (C=O) groups is 1. The van der Waals surface area contributed by atoms with E-state index in [4.69, 9.17) is 5.73 Å². The number of carbonyl (C=O) groups excluding carboxylic acids is 1. The van der Waals surface area contributed by atoms with Gasteiger partial charge in [0.2, 0.25) is 0 Å². The van der Waals surface area contributed by atoms with Crippen molar-refractivity contribution in [3.8, 4) is 0 Å². The summed E-state index contributed by atoms with van der Waals surface area (Å²) < 4.78 is 31.4. The molecule has 0 bridgehead atoms. The minimum Gasteiger partial charge on any atom is -0.464 e. The summed E-state index contributed by atoms with van der Waals surface area (Å²) in [6, 6.07) is -0.294. The third-order valence-electron chi connectivity index (χ3n) is 2.91. The van der Waals surface area contributed by atoms with Crippen LogP contribution in [0.2, 0.25) is 0 Å². The Bertz CT molecular complexity index is 565. The van der Waals surface area contributed by atoms with Crippen molar-refractivity contribution in [2.75, 3.05) is 13.7 Å². The maximum atomic E-state index is 12.2. The lowest BCUT2D eigenvalue weighted by atomic mass is 10.2. The third kappa shape index (κ3) is 3.11. The number of nitrogens with zero attached hydrogens (tertiary/aromatic N) is 1. The summed E-state index contributed by atoms with van der Waals surface area (Å²) in [6.45, 7) is 0.232. The standard InChI is InChI=1S/C10H15N3O4S2/c1-17-9(14)8-10(18-5-12-8)19(15,16)13-7(4-11)6-2-3-6/h5-7,13H,2-4,11H2,1H3. The van der Waals surface area contributed by atoms with Gasteiger partial charge in [0.1, 0.15) is 0 Å². The number of rotatable bonds is 6. The van der Waals surface area contributed by atoms with E-state index in [1.54, 1.807) is 0 Å². The fourth-order valence-corrected chi connectivity index (χ4v) is 4.21. The quantitative estimate of drug-likeness (QED) is 0.713. The Balaban J connectivity index is 2.24. The number of nitrogens with two attached hydrogens (primary N) is 1. The van der Waals surface area contributed by atoms with E-state index in [1.807, 2.05) is 0 Å². The molecular formula is C10H15N3O4S2. The molecule has 19 heavy (non-hydrogen) atoms. The molecule has 1 aromatic rings. The van der Waals surface area contributed by atoms with Crippen LogP contribution >= 0.6 is 11.3 Å². The van der Waals surface area contributed by atoms with Gasteiger partial charge >= 0.3 is 5.97 Å². The second-order valence-electron chi connectivity index (χ2n) is 4.28. The molecule has 0 saturated heterocycles. The van der Waals surface area contributed by atoms with Gasteiger partial charge in [0, 0.05) is 12.6 Å². The second-order valence-corrected chi connectivity index (χ2v) is 7.04. The van der Waals surface area contributed by atoms with Crippen LogP contribution in [0.1, 0.15) is 23.3 Å². The van der Waals surface area contributed by atoms with Gasteiger partial charge in [0.15, 0.2) is 9.90 Å². The van der Waals surface area contributed by atoms with E-state index in [1.165, 1.54) is 12.6 Å². The molecule has 9 heteroatoms. The van der Waals surface area contributed by atoms with Crippen LogP contribution in [0.4, 0.5) is 0 Å². The number of esters is 1. The zero-order valence-electron chi connectivity index (χ0n) is 10.3. The number of ether oxygens (including phenoxy) is 1. The maximum absolute atomic E-state index is 12.2. The Kier molecular flexibility index (Phi) is 4.19. The molecule has 1 aliphatic carbocycles. The highest BCUT2D eigenvalue weighted by Crippen LogP contribution is 2.33. The average molecular weight is 305 g/mol. The predicted molar refractivity (Wildman–Crippen MR) is 69.3 cm³/mol. The molecule has 1 unspecified atom stereocenters. The molecule has 0 spiro atoms. The number of hydrogen-bond acceptors (Lipinski definition) is 7. The predicted octanol–water partition coefficient (Wildman–Crippen LogP) is -0.0547. The van der Waals surface area contributed by atoms with E-state index in [9.17, 15) is 13.2 Å². The molecular weight excluding hydrogens is 290 g/mol. The monoisotopic (exact) mass is 305 g/mol. The van der Waals surface area contributed by atoms with Crippen molar-refractivity contribution in [1.82, 2.24) is 9.71 Å². The third-order valence-corrected chi connectivity index (χ3v) is 5.77. The second kappa shape index (κ2) is 5.53. The van der Waals surface area contributed by atoms with Crippen LogP contribution in [-0.2, 0) is 14.8 Å². The fourth-order valence-electron chi connectivity index (χ4n) is 1.75. The van der Waals surface area contributed by atoms with Gasteiger partial charge in [-0.2, -0.15) is 0 Å². The van der Waals surface area contributed by atoms with Gasteiger partial charge in [-0.3, -0.25) is 0 Å². The van der Waals surface area contributed by atoms with E-state index in [2.05, 4.69) is 14.4 Å². The number of hydrogen-bond donors (Lipinski definition) is 2. The number of methoxy groups -OCH3 is 1. The first-order valence-corrected chi connectivity index (χ1v) is 8.10. The summed E-state index contributed by atoms with van der Waals surface area (Å²) in [5, 5.41) is 0. The largest absolute Gasteiger partial charge is 0.464 e. The van der Waals surface area contributed by atoms with Crippen LogP contribution in [0, 0.1) is 5.92 Å². The molecule has 106 valence electrons. The zero-order valence-corrected chi connectivity index (χ0v) is 12.0. The minimum atomic E-state index is -3.79. The summed E-state index contributed by atoms with van der Waals surface area (Å²) >= 11 is 0.882. The zero-order chi connectivity index (χ0) is 14.0. The molecule has 0 aromatic carbocycles. The number of aromatic nitrogens is 1. The molecule has 0 aliphatic heterocycles. The lowest BCUT2D eigenvalue weighted by Crippen LogP contribution is -2.41. The van der Waals surface area contributed by atoms with Crippen molar-refractivity contribution in [1.29, 1.82) is 0 Å². The van der Waals surface area contributed by atoms with Crippen molar-refractivity contribution in [3.63, 3.8) is 0 Å². The van der Waals surface area contributed by atoms with Crippen molar-refractivity contribution in [2.24, 2.45) is 11.7 Å². The first kappa shape index (κ1) is 14.4. The highest BCUT2D eigenvalue weighted by atomic mass is 32.2. The maximum Gasteiger partial charge on any atom is 0.358 e. The van der Waals surface area contributed by atoms with E-state index in [0.717, 1.165) is 24.2 Å². The van der Waals surface area contributed by atoms with Crippen LogP contribution in [0.5, 0.6) is 0 Å². The fraction of sp³-hybridized carbons (Fsp3) is 0.600. The summed E-state index contributed by atoms with van der Waals surface area (Å²) in [6.07, 6.45) is 1.94. The van der Waals surface area contributed by atoms with Gasteiger partial charge in [0.25, 0.3) is 10.0 Å². The van der Waals surface area contributed by atoms with Gasteiger partial charge in [0.05, 0.1) is 12.6 Å². The Morgan fingerprint density at radius 3 is 2.89 bits per heavy atom.